The zero-order chi connectivity index (χ0) is 17.8. The fourth-order valence-corrected chi connectivity index (χ4v) is 4.06. The Labute approximate surface area is 152 Å². The first kappa shape index (κ1) is 18.0. The molecular formula is C18H24N4O2S. The zero-order valence-electron chi connectivity index (χ0n) is 14.9. The maximum absolute atomic E-state index is 11.1. The number of anilines is 1. The van der Waals surface area contributed by atoms with Crippen LogP contribution in [0.5, 0.6) is 0 Å². The molecule has 1 amide bonds. The average Bonchev–Trinajstić information content (AvgIpc) is 2.92. The van der Waals surface area contributed by atoms with Crippen LogP contribution in [0.2, 0.25) is 0 Å². The van der Waals surface area contributed by atoms with Crippen LogP contribution in [0.3, 0.4) is 0 Å². The molecule has 1 aliphatic heterocycles. The molecule has 3 heterocycles. The van der Waals surface area contributed by atoms with E-state index in [2.05, 4.69) is 32.3 Å². The van der Waals surface area contributed by atoms with E-state index in [1.54, 1.807) is 0 Å². The number of rotatable bonds is 5. The number of thiazole rings is 1. The normalized spacial score (nSPS) is 18.3. The summed E-state index contributed by atoms with van der Waals surface area (Å²) in [5, 5.41) is 3.40. The van der Waals surface area contributed by atoms with Crippen molar-refractivity contribution in [3.63, 3.8) is 0 Å². The number of aryl methyl sites for hydroxylation is 2. The summed E-state index contributed by atoms with van der Waals surface area (Å²) < 4.78 is 5.96. The van der Waals surface area contributed by atoms with Crippen LogP contribution in [-0.2, 0) is 22.5 Å². The first-order valence-electron chi connectivity index (χ1n) is 8.48. The van der Waals surface area contributed by atoms with Gasteiger partial charge in [-0.15, -0.1) is 11.3 Å². The lowest BCUT2D eigenvalue weighted by molar-refractivity contribution is -0.114. The Bertz CT molecular complexity index is 726. The summed E-state index contributed by atoms with van der Waals surface area (Å²) in [4.78, 5) is 23.3. The van der Waals surface area contributed by atoms with Crippen LogP contribution in [0.25, 0.3) is 0 Å². The van der Waals surface area contributed by atoms with Crippen LogP contribution in [0.4, 0.5) is 5.13 Å². The van der Waals surface area contributed by atoms with Gasteiger partial charge in [-0.3, -0.25) is 14.7 Å². The van der Waals surface area contributed by atoms with Crippen molar-refractivity contribution in [3.05, 3.63) is 40.2 Å². The number of hydrogen-bond donors (Lipinski definition) is 1. The molecule has 0 radical (unpaired) electrons. The number of nitrogens with one attached hydrogen (secondary N) is 1. The molecule has 0 aliphatic carbocycles. The first-order valence-corrected chi connectivity index (χ1v) is 9.30. The van der Waals surface area contributed by atoms with E-state index in [1.807, 2.05) is 20.0 Å². The largest absolute Gasteiger partial charge is 0.375 e. The van der Waals surface area contributed by atoms with Gasteiger partial charge in [0.05, 0.1) is 12.7 Å². The van der Waals surface area contributed by atoms with E-state index in [0.717, 1.165) is 48.9 Å². The van der Waals surface area contributed by atoms with Gasteiger partial charge in [-0.2, -0.15) is 0 Å². The molecule has 2 aromatic heterocycles. The van der Waals surface area contributed by atoms with Gasteiger partial charge in [0.2, 0.25) is 5.91 Å². The maximum Gasteiger partial charge on any atom is 0.223 e. The second kappa shape index (κ2) is 8.03. The van der Waals surface area contributed by atoms with Crippen molar-refractivity contribution in [1.82, 2.24) is 14.9 Å². The second-order valence-corrected chi connectivity index (χ2v) is 7.62. The fourth-order valence-electron chi connectivity index (χ4n) is 3.16. The van der Waals surface area contributed by atoms with E-state index >= 15 is 0 Å². The van der Waals surface area contributed by atoms with E-state index in [0.29, 0.717) is 5.13 Å². The Balaban J connectivity index is 1.57. The molecule has 1 saturated heterocycles. The Morgan fingerprint density at radius 1 is 1.40 bits per heavy atom. The van der Waals surface area contributed by atoms with Crippen molar-refractivity contribution in [3.8, 4) is 0 Å². The van der Waals surface area contributed by atoms with Gasteiger partial charge >= 0.3 is 0 Å². The second-order valence-electron chi connectivity index (χ2n) is 6.50. The average molecular weight is 360 g/mol. The summed E-state index contributed by atoms with van der Waals surface area (Å²) >= 11 is 1.53. The van der Waals surface area contributed by atoms with Crippen LogP contribution in [-0.4, -0.2) is 46.6 Å². The molecule has 3 rings (SSSR count). The van der Waals surface area contributed by atoms with Gasteiger partial charge in [-0.05, 0) is 31.5 Å². The molecule has 0 aromatic carbocycles. The minimum atomic E-state index is -0.0877. The predicted octanol–water partition coefficient (Wildman–Crippen LogP) is 2.56. The van der Waals surface area contributed by atoms with Crippen molar-refractivity contribution >= 4 is 22.4 Å². The van der Waals surface area contributed by atoms with Crippen molar-refractivity contribution in [2.24, 2.45) is 0 Å². The number of morpholine rings is 1. The van der Waals surface area contributed by atoms with Crippen molar-refractivity contribution < 1.29 is 9.53 Å². The van der Waals surface area contributed by atoms with Crippen LogP contribution in [0.15, 0.2) is 18.3 Å². The highest BCUT2D eigenvalue weighted by Crippen LogP contribution is 2.21. The lowest BCUT2D eigenvalue weighted by Gasteiger charge is -2.32. The highest BCUT2D eigenvalue weighted by Gasteiger charge is 2.21. The third-order valence-electron chi connectivity index (χ3n) is 4.04. The smallest absolute Gasteiger partial charge is 0.223 e. The van der Waals surface area contributed by atoms with Gasteiger partial charge in [0.15, 0.2) is 5.13 Å². The number of pyridine rings is 1. The monoisotopic (exact) mass is 360 g/mol. The molecule has 1 atom stereocenters. The Morgan fingerprint density at radius 3 is 2.88 bits per heavy atom. The van der Waals surface area contributed by atoms with Crippen molar-refractivity contribution in [2.45, 2.75) is 39.8 Å². The van der Waals surface area contributed by atoms with E-state index in [-0.39, 0.29) is 12.0 Å². The standard InChI is InChI=1S/C18H24N4O2S/c1-12-6-15(7-13(2)20-12)8-16-10-22(4-5-24-16)11-17-9-19-18(25-17)21-14(3)23/h6-7,9,16H,4-5,8,10-11H2,1-3H3,(H,19,21,23). The number of amides is 1. The van der Waals surface area contributed by atoms with Gasteiger partial charge in [-0.25, -0.2) is 4.98 Å². The SMILES string of the molecule is CC(=O)Nc1ncc(CN2CCOC(Cc3cc(C)nc(C)c3)C2)s1. The molecule has 134 valence electrons. The third-order valence-corrected chi connectivity index (χ3v) is 4.94. The van der Waals surface area contributed by atoms with Gasteiger partial charge < -0.3 is 10.1 Å². The number of hydrogen-bond acceptors (Lipinski definition) is 6. The molecule has 1 unspecified atom stereocenters. The highest BCUT2D eigenvalue weighted by molar-refractivity contribution is 7.15. The van der Waals surface area contributed by atoms with Gasteiger partial charge in [-0.1, -0.05) is 0 Å². The molecular weight excluding hydrogens is 336 g/mol. The molecule has 0 bridgehead atoms. The number of carbonyl (C=O) groups excluding carboxylic acids is 1. The van der Waals surface area contributed by atoms with E-state index in [1.165, 1.54) is 23.8 Å². The van der Waals surface area contributed by atoms with Gasteiger partial charge in [0.1, 0.15) is 0 Å². The summed E-state index contributed by atoms with van der Waals surface area (Å²) in [5.74, 6) is -0.0877. The number of nitrogens with zero attached hydrogens (tertiary/aromatic N) is 3. The molecule has 1 aliphatic rings. The summed E-state index contributed by atoms with van der Waals surface area (Å²) in [5.41, 5.74) is 3.39. The molecule has 7 heteroatoms. The molecule has 1 N–H and O–H groups in total. The number of carbonyl (C=O) groups is 1. The first-order chi connectivity index (χ1) is 12.0. The maximum atomic E-state index is 11.1. The van der Waals surface area contributed by atoms with Gasteiger partial charge in [0, 0.05) is 55.4 Å². The number of ether oxygens (including phenoxy) is 1. The summed E-state index contributed by atoms with van der Waals surface area (Å²) in [6.45, 7) is 8.95. The highest BCUT2D eigenvalue weighted by atomic mass is 32.1. The third kappa shape index (κ3) is 5.32. The fraction of sp³-hybridized carbons (Fsp3) is 0.500. The summed E-state index contributed by atoms with van der Waals surface area (Å²) in [7, 11) is 0. The minimum absolute atomic E-state index is 0.0877. The van der Waals surface area contributed by atoms with Gasteiger partial charge in [0.25, 0.3) is 0 Å². The van der Waals surface area contributed by atoms with Crippen molar-refractivity contribution in [1.29, 1.82) is 0 Å². The minimum Gasteiger partial charge on any atom is -0.375 e. The van der Waals surface area contributed by atoms with Crippen LogP contribution in [0.1, 0.15) is 28.8 Å². The van der Waals surface area contributed by atoms with E-state index < -0.39 is 0 Å². The van der Waals surface area contributed by atoms with Crippen LogP contribution >= 0.6 is 11.3 Å². The Hall–Kier alpha value is -1.83. The van der Waals surface area contributed by atoms with Crippen molar-refractivity contribution in [2.75, 3.05) is 25.0 Å². The molecule has 2 aromatic rings. The number of aromatic nitrogens is 2. The summed E-state index contributed by atoms with van der Waals surface area (Å²) in [6.07, 6.45) is 2.94. The zero-order valence-corrected chi connectivity index (χ0v) is 15.7. The van der Waals surface area contributed by atoms with Crippen LogP contribution in [0, 0.1) is 13.8 Å². The molecule has 6 nitrogen and oxygen atoms in total. The lowest BCUT2D eigenvalue weighted by Crippen LogP contribution is -2.42. The Morgan fingerprint density at radius 2 is 2.16 bits per heavy atom. The van der Waals surface area contributed by atoms with E-state index in [9.17, 15) is 4.79 Å². The molecule has 0 saturated carbocycles. The quantitative estimate of drug-likeness (QED) is 0.888. The topological polar surface area (TPSA) is 67.4 Å². The molecule has 1 fully saturated rings. The van der Waals surface area contributed by atoms with E-state index in [4.69, 9.17) is 4.74 Å². The molecule has 25 heavy (non-hydrogen) atoms. The molecule has 0 spiro atoms. The Kier molecular flexibility index (Phi) is 5.78. The summed E-state index contributed by atoms with van der Waals surface area (Å²) in [6, 6.07) is 4.27. The lowest BCUT2D eigenvalue weighted by atomic mass is 10.1. The van der Waals surface area contributed by atoms with Crippen LogP contribution < -0.4 is 5.32 Å². The predicted molar refractivity (Wildman–Crippen MR) is 98.8 cm³/mol.